The fourth-order valence-corrected chi connectivity index (χ4v) is 4.44. The maximum atomic E-state index is 12.6. The summed E-state index contributed by atoms with van der Waals surface area (Å²) in [5.41, 5.74) is 6.79. The molecule has 1 aliphatic rings. The van der Waals surface area contributed by atoms with Gasteiger partial charge in [-0.15, -0.1) is 0 Å². The number of nitrogens with two attached hydrogens (primary N) is 1. The van der Waals surface area contributed by atoms with Crippen molar-refractivity contribution in [1.82, 2.24) is 4.31 Å². The Morgan fingerprint density at radius 2 is 2.21 bits per heavy atom. The summed E-state index contributed by atoms with van der Waals surface area (Å²) < 4.78 is 26.7. The van der Waals surface area contributed by atoms with Crippen molar-refractivity contribution in [2.75, 3.05) is 25.4 Å². The van der Waals surface area contributed by atoms with E-state index in [0.29, 0.717) is 30.8 Å². The summed E-state index contributed by atoms with van der Waals surface area (Å²) in [5.74, 6) is 0.241. The smallest absolute Gasteiger partial charge is 0.245 e. The molecular formula is C13H20N2O3S. The van der Waals surface area contributed by atoms with Gasteiger partial charge in [0.2, 0.25) is 10.0 Å². The number of aliphatic hydroxyl groups is 1. The number of nitrogens with zero attached hydrogens (tertiary/aromatic N) is 1. The molecular weight excluding hydrogens is 264 g/mol. The van der Waals surface area contributed by atoms with E-state index in [1.54, 1.807) is 25.1 Å². The number of nitrogen functional groups attached to an aromatic ring is 1. The van der Waals surface area contributed by atoms with Crippen molar-refractivity contribution >= 4 is 15.7 Å². The molecule has 5 nitrogen and oxygen atoms in total. The van der Waals surface area contributed by atoms with Crippen LogP contribution in [0.15, 0.2) is 23.1 Å². The Kier molecular flexibility index (Phi) is 4.13. The minimum absolute atomic E-state index is 0.102. The molecule has 106 valence electrons. The van der Waals surface area contributed by atoms with Crippen molar-refractivity contribution in [2.45, 2.75) is 24.7 Å². The third-order valence-electron chi connectivity index (χ3n) is 3.63. The second kappa shape index (κ2) is 5.48. The molecule has 1 atom stereocenters. The van der Waals surface area contributed by atoms with Crippen LogP contribution in [0, 0.1) is 12.8 Å². The molecule has 6 heteroatoms. The van der Waals surface area contributed by atoms with Gasteiger partial charge < -0.3 is 10.8 Å². The third kappa shape index (κ3) is 2.75. The summed E-state index contributed by atoms with van der Waals surface area (Å²) in [4.78, 5) is 0.222. The maximum absolute atomic E-state index is 12.6. The Bertz CT molecular complexity index is 537. The molecule has 1 aromatic rings. The standard InChI is InChI=1S/C13H20N2O3S/c1-10-3-2-4-12(14)13(10)19(17,18)15-7-5-11(9-15)6-8-16/h2-4,11,16H,5-9,14H2,1H3. The summed E-state index contributed by atoms with van der Waals surface area (Å²) in [5, 5.41) is 8.93. The topological polar surface area (TPSA) is 83.6 Å². The Balaban J connectivity index is 2.29. The van der Waals surface area contributed by atoms with Crippen LogP contribution >= 0.6 is 0 Å². The molecule has 1 unspecified atom stereocenters. The Labute approximate surface area is 114 Å². The second-order valence-corrected chi connectivity index (χ2v) is 6.90. The van der Waals surface area contributed by atoms with Gasteiger partial charge in [0.15, 0.2) is 0 Å². The minimum Gasteiger partial charge on any atom is -0.398 e. The molecule has 0 radical (unpaired) electrons. The lowest BCUT2D eigenvalue weighted by atomic mass is 10.1. The first-order chi connectivity index (χ1) is 8.96. The molecule has 0 aromatic heterocycles. The van der Waals surface area contributed by atoms with Crippen molar-refractivity contribution < 1.29 is 13.5 Å². The van der Waals surface area contributed by atoms with Crippen LogP contribution in [0.2, 0.25) is 0 Å². The van der Waals surface area contributed by atoms with Crippen LogP contribution in [0.5, 0.6) is 0 Å². The molecule has 1 aliphatic heterocycles. The predicted octanol–water partition coefficient (Wildman–Crippen LogP) is 0.970. The first-order valence-electron chi connectivity index (χ1n) is 6.43. The predicted molar refractivity (Wildman–Crippen MR) is 74.2 cm³/mol. The molecule has 1 heterocycles. The lowest BCUT2D eigenvalue weighted by Crippen LogP contribution is -2.30. The van der Waals surface area contributed by atoms with Crippen LogP contribution < -0.4 is 5.73 Å². The first kappa shape index (κ1) is 14.3. The van der Waals surface area contributed by atoms with Crippen LogP contribution in [0.25, 0.3) is 0 Å². The fraction of sp³-hybridized carbons (Fsp3) is 0.538. The van der Waals surface area contributed by atoms with Gasteiger partial charge in [-0.3, -0.25) is 0 Å². The molecule has 1 fully saturated rings. The SMILES string of the molecule is Cc1cccc(N)c1S(=O)(=O)N1CCC(CCO)C1. The monoisotopic (exact) mass is 284 g/mol. The zero-order valence-corrected chi connectivity index (χ0v) is 11.9. The van der Waals surface area contributed by atoms with E-state index < -0.39 is 10.0 Å². The van der Waals surface area contributed by atoms with E-state index in [0.717, 1.165) is 6.42 Å². The van der Waals surface area contributed by atoms with Crippen molar-refractivity contribution in [1.29, 1.82) is 0 Å². The Morgan fingerprint density at radius 3 is 2.84 bits per heavy atom. The lowest BCUT2D eigenvalue weighted by Gasteiger charge is -2.19. The molecule has 19 heavy (non-hydrogen) atoms. The summed E-state index contributed by atoms with van der Waals surface area (Å²) in [7, 11) is -3.52. The van der Waals surface area contributed by atoms with Crippen LogP contribution in [-0.4, -0.2) is 37.5 Å². The quantitative estimate of drug-likeness (QED) is 0.807. The van der Waals surface area contributed by atoms with Crippen LogP contribution in [0.1, 0.15) is 18.4 Å². The van der Waals surface area contributed by atoms with Crippen LogP contribution in [-0.2, 0) is 10.0 Å². The van der Waals surface area contributed by atoms with E-state index in [1.807, 2.05) is 0 Å². The van der Waals surface area contributed by atoms with E-state index in [4.69, 9.17) is 10.8 Å². The average molecular weight is 284 g/mol. The fourth-order valence-electron chi connectivity index (χ4n) is 2.59. The zero-order chi connectivity index (χ0) is 14.0. The molecule has 3 N–H and O–H groups in total. The van der Waals surface area contributed by atoms with Gasteiger partial charge in [-0.2, -0.15) is 4.31 Å². The normalized spacial score (nSPS) is 20.8. The Hall–Kier alpha value is -1.11. The van der Waals surface area contributed by atoms with Crippen LogP contribution in [0.4, 0.5) is 5.69 Å². The van der Waals surface area contributed by atoms with Gasteiger partial charge in [0, 0.05) is 19.7 Å². The summed E-state index contributed by atoms with van der Waals surface area (Å²) in [6.07, 6.45) is 1.45. The van der Waals surface area contributed by atoms with Gasteiger partial charge >= 0.3 is 0 Å². The molecule has 0 amide bonds. The number of benzene rings is 1. The maximum Gasteiger partial charge on any atom is 0.245 e. The highest BCUT2D eigenvalue weighted by Crippen LogP contribution is 2.30. The average Bonchev–Trinajstić information content (AvgIpc) is 2.78. The second-order valence-electron chi connectivity index (χ2n) is 5.02. The molecule has 1 saturated heterocycles. The number of rotatable bonds is 4. The number of anilines is 1. The number of hydrogen-bond acceptors (Lipinski definition) is 4. The summed E-state index contributed by atoms with van der Waals surface area (Å²) in [6.45, 7) is 2.83. The van der Waals surface area contributed by atoms with E-state index in [-0.39, 0.29) is 17.4 Å². The van der Waals surface area contributed by atoms with E-state index in [2.05, 4.69) is 0 Å². The van der Waals surface area contributed by atoms with Gasteiger partial charge in [-0.25, -0.2) is 8.42 Å². The summed E-state index contributed by atoms with van der Waals surface area (Å²) >= 11 is 0. The molecule has 0 saturated carbocycles. The van der Waals surface area contributed by atoms with Crippen molar-refractivity contribution in [2.24, 2.45) is 5.92 Å². The highest BCUT2D eigenvalue weighted by Gasteiger charge is 2.34. The highest BCUT2D eigenvalue weighted by molar-refractivity contribution is 7.89. The lowest BCUT2D eigenvalue weighted by molar-refractivity contribution is 0.259. The number of aryl methyl sites for hydroxylation is 1. The molecule has 0 bridgehead atoms. The number of hydrogen-bond donors (Lipinski definition) is 2. The van der Waals surface area contributed by atoms with Gasteiger partial charge in [0.05, 0.1) is 5.69 Å². The van der Waals surface area contributed by atoms with E-state index in [1.165, 1.54) is 4.31 Å². The van der Waals surface area contributed by atoms with Crippen LogP contribution in [0.3, 0.4) is 0 Å². The Morgan fingerprint density at radius 1 is 1.47 bits per heavy atom. The highest BCUT2D eigenvalue weighted by atomic mass is 32.2. The van der Waals surface area contributed by atoms with Gasteiger partial charge in [-0.05, 0) is 37.3 Å². The van der Waals surface area contributed by atoms with Crippen molar-refractivity contribution in [3.05, 3.63) is 23.8 Å². The molecule has 2 rings (SSSR count). The zero-order valence-electron chi connectivity index (χ0n) is 11.0. The third-order valence-corrected chi connectivity index (χ3v) is 5.71. The summed E-state index contributed by atoms with van der Waals surface area (Å²) in [6, 6.07) is 5.12. The molecule has 1 aromatic carbocycles. The van der Waals surface area contributed by atoms with Gasteiger partial charge in [0.1, 0.15) is 4.90 Å². The molecule has 0 aliphatic carbocycles. The molecule has 0 spiro atoms. The van der Waals surface area contributed by atoms with Gasteiger partial charge in [-0.1, -0.05) is 12.1 Å². The van der Waals surface area contributed by atoms with E-state index in [9.17, 15) is 8.42 Å². The largest absolute Gasteiger partial charge is 0.398 e. The van der Waals surface area contributed by atoms with Gasteiger partial charge in [0.25, 0.3) is 0 Å². The number of sulfonamides is 1. The van der Waals surface area contributed by atoms with E-state index >= 15 is 0 Å². The number of aliphatic hydroxyl groups excluding tert-OH is 1. The van der Waals surface area contributed by atoms with Crippen molar-refractivity contribution in [3.63, 3.8) is 0 Å². The minimum atomic E-state index is -3.52. The van der Waals surface area contributed by atoms with Crippen molar-refractivity contribution in [3.8, 4) is 0 Å². The first-order valence-corrected chi connectivity index (χ1v) is 7.87.